The van der Waals surface area contributed by atoms with Gasteiger partial charge in [0.1, 0.15) is 0 Å². The molecular weight excluding hydrogens is 271 g/mol. The second-order valence-electron chi connectivity index (χ2n) is 3.69. The van der Waals surface area contributed by atoms with Gasteiger partial charge in [-0.15, -0.1) is 0 Å². The van der Waals surface area contributed by atoms with Crippen LogP contribution in [0.25, 0.3) is 0 Å². The highest BCUT2D eigenvalue weighted by Gasteiger charge is 2.13. The number of ketones is 1. The van der Waals surface area contributed by atoms with Crippen molar-refractivity contribution >= 4 is 29.0 Å². The van der Waals surface area contributed by atoms with Crippen molar-refractivity contribution in [3.8, 4) is 0 Å². The zero-order valence-electron chi connectivity index (χ0n) is 9.36. The Labute approximate surface area is 115 Å². The molecular formula is C13H10Cl2N2O. The lowest BCUT2D eigenvalue weighted by Crippen LogP contribution is -2.06. The lowest BCUT2D eigenvalue weighted by Gasteiger charge is -2.05. The van der Waals surface area contributed by atoms with Crippen molar-refractivity contribution in [3.05, 3.63) is 63.4 Å². The molecule has 0 radical (unpaired) electrons. The van der Waals surface area contributed by atoms with E-state index >= 15 is 0 Å². The molecule has 92 valence electrons. The number of rotatable bonds is 3. The Hall–Kier alpha value is -1.42. The lowest BCUT2D eigenvalue weighted by molar-refractivity contribution is 0.103. The molecule has 0 fully saturated rings. The molecule has 0 spiro atoms. The largest absolute Gasteiger partial charge is 0.325 e. The number of aromatic nitrogens is 1. The van der Waals surface area contributed by atoms with Crippen LogP contribution in [0.2, 0.25) is 10.0 Å². The topological polar surface area (TPSA) is 56.0 Å². The monoisotopic (exact) mass is 280 g/mol. The van der Waals surface area contributed by atoms with E-state index in [2.05, 4.69) is 4.98 Å². The number of halogens is 2. The molecule has 2 N–H and O–H groups in total. The summed E-state index contributed by atoms with van der Waals surface area (Å²) in [7, 11) is 0. The second kappa shape index (κ2) is 5.48. The number of carbonyl (C=O) groups is 1. The van der Waals surface area contributed by atoms with Crippen LogP contribution in [0.15, 0.2) is 36.5 Å². The molecule has 18 heavy (non-hydrogen) atoms. The number of nitrogens with zero attached hydrogens (tertiary/aromatic N) is 1. The minimum Gasteiger partial charge on any atom is -0.325 e. The third-order valence-electron chi connectivity index (χ3n) is 2.46. The van der Waals surface area contributed by atoms with Crippen molar-refractivity contribution in [3.63, 3.8) is 0 Å². The Kier molecular flexibility index (Phi) is 3.97. The van der Waals surface area contributed by atoms with Gasteiger partial charge in [0.05, 0.1) is 10.7 Å². The molecule has 0 atom stereocenters. The van der Waals surface area contributed by atoms with Crippen molar-refractivity contribution < 1.29 is 4.79 Å². The zero-order valence-corrected chi connectivity index (χ0v) is 10.9. The molecule has 0 bridgehead atoms. The molecule has 0 saturated carbocycles. The number of benzene rings is 1. The van der Waals surface area contributed by atoms with Crippen LogP contribution in [-0.2, 0) is 6.54 Å². The SMILES string of the molecule is NCc1cc(C(=O)c2cc(Cl)ccc2Cl)ccn1. The van der Waals surface area contributed by atoms with Crippen LogP contribution >= 0.6 is 23.2 Å². The lowest BCUT2D eigenvalue weighted by atomic mass is 10.0. The molecule has 2 aromatic rings. The molecule has 5 heteroatoms. The first-order valence-electron chi connectivity index (χ1n) is 5.26. The van der Waals surface area contributed by atoms with Gasteiger partial charge in [-0.25, -0.2) is 0 Å². The summed E-state index contributed by atoms with van der Waals surface area (Å²) in [6, 6.07) is 8.06. The molecule has 0 unspecified atom stereocenters. The highest BCUT2D eigenvalue weighted by atomic mass is 35.5. The molecule has 0 aliphatic rings. The Morgan fingerprint density at radius 2 is 2.00 bits per heavy atom. The number of pyridine rings is 1. The maximum Gasteiger partial charge on any atom is 0.194 e. The maximum absolute atomic E-state index is 12.3. The molecule has 0 aliphatic heterocycles. The fourth-order valence-electron chi connectivity index (χ4n) is 1.56. The van der Waals surface area contributed by atoms with Crippen LogP contribution in [0.3, 0.4) is 0 Å². The van der Waals surface area contributed by atoms with Crippen molar-refractivity contribution in [2.24, 2.45) is 5.73 Å². The van der Waals surface area contributed by atoms with Gasteiger partial charge in [0.15, 0.2) is 5.78 Å². The van der Waals surface area contributed by atoms with Crippen LogP contribution in [0.5, 0.6) is 0 Å². The molecule has 1 heterocycles. The van der Waals surface area contributed by atoms with E-state index in [4.69, 9.17) is 28.9 Å². The van der Waals surface area contributed by atoms with Crippen LogP contribution in [-0.4, -0.2) is 10.8 Å². The molecule has 0 aliphatic carbocycles. The molecule has 2 rings (SSSR count). The molecule has 3 nitrogen and oxygen atoms in total. The van der Waals surface area contributed by atoms with Gasteiger partial charge in [-0.2, -0.15) is 0 Å². The molecule has 0 amide bonds. The maximum atomic E-state index is 12.3. The van der Waals surface area contributed by atoms with Gasteiger partial charge in [0.2, 0.25) is 0 Å². The normalized spacial score (nSPS) is 10.4. The Morgan fingerprint density at radius 3 is 2.72 bits per heavy atom. The van der Waals surface area contributed by atoms with Gasteiger partial charge >= 0.3 is 0 Å². The van der Waals surface area contributed by atoms with Gasteiger partial charge in [0.25, 0.3) is 0 Å². The number of hydrogen-bond donors (Lipinski definition) is 1. The van der Waals surface area contributed by atoms with E-state index in [0.717, 1.165) is 0 Å². The van der Waals surface area contributed by atoms with Gasteiger partial charge < -0.3 is 5.73 Å². The summed E-state index contributed by atoms with van der Waals surface area (Å²) in [6.07, 6.45) is 1.55. The molecule has 1 aromatic carbocycles. The summed E-state index contributed by atoms with van der Waals surface area (Å²) in [5.74, 6) is -0.195. The Bertz CT molecular complexity index is 599. The zero-order chi connectivity index (χ0) is 13.1. The first-order valence-corrected chi connectivity index (χ1v) is 6.02. The third kappa shape index (κ3) is 2.70. The summed E-state index contributed by atoms with van der Waals surface area (Å²) in [4.78, 5) is 16.3. The number of carbonyl (C=O) groups excluding carboxylic acids is 1. The summed E-state index contributed by atoms with van der Waals surface area (Å²) >= 11 is 11.9. The predicted octanol–water partition coefficient (Wildman–Crippen LogP) is 3.08. The van der Waals surface area contributed by atoms with E-state index in [0.29, 0.717) is 26.9 Å². The number of hydrogen-bond acceptors (Lipinski definition) is 3. The van der Waals surface area contributed by atoms with E-state index in [1.165, 1.54) is 0 Å². The van der Waals surface area contributed by atoms with Crippen molar-refractivity contribution in [2.75, 3.05) is 0 Å². The summed E-state index contributed by atoms with van der Waals surface area (Å²) in [5.41, 5.74) is 7.01. The van der Waals surface area contributed by atoms with Crippen LogP contribution < -0.4 is 5.73 Å². The van der Waals surface area contributed by atoms with Crippen molar-refractivity contribution in [1.29, 1.82) is 0 Å². The van der Waals surface area contributed by atoms with Gasteiger partial charge in [-0.05, 0) is 30.3 Å². The first kappa shape index (κ1) is 13.0. The van der Waals surface area contributed by atoms with Crippen molar-refractivity contribution in [1.82, 2.24) is 4.98 Å². The van der Waals surface area contributed by atoms with Crippen LogP contribution in [0.1, 0.15) is 21.6 Å². The fourth-order valence-corrected chi connectivity index (χ4v) is 1.93. The van der Waals surface area contributed by atoms with Crippen molar-refractivity contribution in [2.45, 2.75) is 6.54 Å². The van der Waals surface area contributed by atoms with E-state index in [1.807, 2.05) is 0 Å². The average Bonchev–Trinajstić information content (AvgIpc) is 2.41. The number of nitrogens with two attached hydrogens (primary N) is 1. The summed E-state index contributed by atoms with van der Waals surface area (Å²) in [6.45, 7) is 0.282. The van der Waals surface area contributed by atoms with Gasteiger partial charge in [-0.3, -0.25) is 9.78 Å². The van der Waals surface area contributed by atoms with E-state index in [-0.39, 0.29) is 12.3 Å². The fraction of sp³-hybridized carbons (Fsp3) is 0.0769. The van der Waals surface area contributed by atoms with E-state index < -0.39 is 0 Å². The Morgan fingerprint density at radius 1 is 1.22 bits per heavy atom. The minimum absolute atomic E-state index is 0.195. The third-order valence-corrected chi connectivity index (χ3v) is 3.03. The van der Waals surface area contributed by atoms with E-state index in [9.17, 15) is 4.79 Å². The van der Waals surface area contributed by atoms with Gasteiger partial charge in [0, 0.05) is 28.9 Å². The van der Waals surface area contributed by atoms with E-state index in [1.54, 1.807) is 36.5 Å². The highest BCUT2D eigenvalue weighted by molar-refractivity contribution is 6.36. The summed E-state index contributed by atoms with van der Waals surface area (Å²) < 4.78 is 0. The standard InChI is InChI=1S/C13H10Cl2N2O/c14-9-1-2-12(15)11(6-9)13(18)8-3-4-17-10(5-8)7-16/h1-6H,7,16H2. The first-order chi connectivity index (χ1) is 8.61. The highest BCUT2D eigenvalue weighted by Crippen LogP contribution is 2.23. The van der Waals surface area contributed by atoms with Crippen LogP contribution in [0.4, 0.5) is 0 Å². The summed E-state index contributed by atoms with van der Waals surface area (Å²) in [5, 5.41) is 0.839. The minimum atomic E-state index is -0.195. The van der Waals surface area contributed by atoms with Crippen LogP contribution in [0, 0.1) is 0 Å². The second-order valence-corrected chi connectivity index (χ2v) is 4.54. The quantitative estimate of drug-likeness (QED) is 0.879. The average molecular weight is 281 g/mol. The predicted molar refractivity (Wildman–Crippen MR) is 72.0 cm³/mol. The smallest absolute Gasteiger partial charge is 0.194 e. The molecule has 1 aromatic heterocycles. The Balaban J connectivity index is 2.44. The van der Waals surface area contributed by atoms with Gasteiger partial charge in [-0.1, -0.05) is 23.2 Å². The molecule has 0 saturated heterocycles.